The van der Waals surface area contributed by atoms with Gasteiger partial charge in [0.05, 0.1) is 12.5 Å². The third-order valence-electron chi connectivity index (χ3n) is 1.59. The van der Waals surface area contributed by atoms with E-state index in [9.17, 15) is 0 Å². The van der Waals surface area contributed by atoms with Crippen molar-refractivity contribution in [1.29, 1.82) is 5.26 Å². The summed E-state index contributed by atoms with van der Waals surface area (Å²) in [7, 11) is 0. The summed E-state index contributed by atoms with van der Waals surface area (Å²) in [6.45, 7) is 0. The lowest BCUT2D eigenvalue weighted by molar-refractivity contribution is 0.423. The summed E-state index contributed by atoms with van der Waals surface area (Å²) in [6, 6.07) is 7.34. The molecule has 0 unspecified atom stereocenters. The highest BCUT2D eigenvalue weighted by Gasteiger charge is 2.08. The molecule has 0 aromatic carbocycles. The van der Waals surface area contributed by atoms with E-state index in [-0.39, 0.29) is 6.42 Å². The van der Waals surface area contributed by atoms with Crippen LogP contribution in [0.15, 0.2) is 28.9 Å². The van der Waals surface area contributed by atoms with Gasteiger partial charge in [0.2, 0.25) is 0 Å². The third kappa shape index (κ3) is 1.59. The highest BCUT2D eigenvalue weighted by Crippen LogP contribution is 2.12. The fraction of sp³-hybridized carbons (Fsp3) is 0.111. The molecule has 0 saturated carbocycles. The summed E-state index contributed by atoms with van der Waals surface area (Å²) >= 11 is 0. The average molecular weight is 186 g/mol. The second-order valence-corrected chi connectivity index (χ2v) is 2.57. The normalized spacial score (nSPS) is 9.64. The molecule has 0 spiro atoms. The molecule has 0 amide bonds. The maximum atomic E-state index is 8.41. The Kier molecular flexibility index (Phi) is 2.19. The molecular formula is C9H6N4O. The Morgan fingerprint density at radius 1 is 1.43 bits per heavy atom. The minimum absolute atomic E-state index is 0.149. The highest BCUT2D eigenvalue weighted by atomic mass is 16.5. The first-order valence-corrected chi connectivity index (χ1v) is 4.01. The van der Waals surface area contributed by atoms with Crippen molar-refractivity contribution in [2.75, 3.05) is 0 Å². The molecule has 5 nitrogen and oxygen atoms in total. The van der Waals surface area contributed by atoms with Gasteiger partial charge in [0.25, 0.3) is 5.89 Å². The lowest BCUT2D eigenvalue weighted by Crippen LogP contribution is -1.85. The molecule has 0 aliphatic rings. The maximum absolute atomic E-state index is 8.41. The molecule has 5 heteroatoms. The minimum Gasteiger partial charge on any atom is -0.332 e. The Bertz CT molecular complexity index is 457. The Balaban J connectivity index is 2.31. The predicted molar refractivity (Wildman–Crippen MR) is 46.8 cm³/mol. The second-order valence-electron chi connectivity index (χ2n) is 2.57. The molecule has 0 aliphatic heterocycles. The first-order valence-electron chi connectivity index (χ1n) is 4.01. The van der Waals surface area contributed by atoms with Crippen LogP contribution in [0.1, 0.15) is 5.82 Å². The van der Waals surface area contributed by atoms with Crippen molar-refractivity contribution in [2.24, 2.45) is 0 Å². The number of pyridine rings is 1. The van der Waals surface area contributed by atoms with Gasteiger partial charge in [0.1, 0.15) is 5.69 Å². The molecular weight excluding hydrogens is 180 g/mol. The predicted octanol–water partition coefficient (Wildman–Crippen LogP) is 1.20. The van der Waals surface area contributed by atoms with Gasteiger partial charge in [-0.2, -0.15) is 10.2 Å². The highest BCUT2D eigenvalue weighted by molar-refractivity contribution is 5.45. The molecule has 0 atom stereocenters. The van der Waals surface area contributed by atoms with Crippen molar-refractivity contribution in [3.63, 3.8) is 0 Å². The first-order chi connectivity index (χ1) is 6.90. The number of nitriles is 1. The Hall–Kier alpha value is -2.22. The van der Waals surface area contributed by atoms with Gasteiger partial charge in [-0.25, -0.2) is 0 Å². The van der Waals surface area contributed by atoms with E-state index in [4.69, 9.17) is 9.78 Å². The Morgan fingerprint density at radius 3 is 3.07 bits per heavy atom. The summed E-state index contributed by atoms with van der Waals surface area (Å²) in [6.07, 6.45) is 1.79. The van der Waals surface area contributed by atoms with E-state index in [1.165, 1.54) is 0 Å². The van der Waals surface area contributed by atoms with Crippen molar-refractivity contribution < 1.29 is 4.52 Å². The molecule has 0 N–H and O–H groups in total. The van der Waals surface area contributed by atoms with Crippen LogP contribution in [0, 0.1) is 11.3 Å². The van der Waals surface area contributed by atoms with Crippen LogP contribution in [0.3, 0.4) is 0 Å². The topological polar surface area (TPSA) is 75.6 Å². The molecule has 2 rings (SSSR count). The molecule has 0 aliphatic carbocycles. The molecule has 2 aromatic rings. The Labute approximate surface area is 80.0 Å². The van der Waals surface area contributed by atoms with Crippen LogP contribution in [-0.2, 0) is 6.42 Å². The monoisotopic (exact) mass is 186 g/mol. The molecule has 2 heterocycles. The lowest BCUT2D eigenvalue weighted by atomic mass is 10.3. The van der Waals surface area contributed by atoms with Gasteiger partial charge in [-0.1, -0.05) is 11.2 Å². The maximum Gasteiger partial charge on any atom is 0.276 e. The standard InChI is InChI=1S/C9H6N4O/c10-5-4-8-12-9(14-13-8)7-3-1-2-6-11-7/h1-3,6H,4H2. The molecule has 0 radical (unpaired) electrons. The minimum atomic E-state index is 0.149. The van der Waals surface area contributed by atoms with Gasteiger partial charge in [0, 0.05) is 6.20 Å². The number of aromatic nitrogens is 3. The van der Waals surface area contributed by atoms with Gasteiger partial charge >= 0.3 is 0 Å². The molecule has 0 bridgehead atoms. The SMILES string of the molecule is N#CCc1noc(-c2ccccn2)n1. The van der Waals surface area contributed by atoms with Gasteiger partial charge in [-0.3, -0.25) is 4.98 Å². The van der Waals surface area contributed by atoms with Gasteiger partial charge in [-0.05, 0) is 12.1 Å². The van der Waals surface area contributed by atoms with Crippen molar-refractivity contribution in [3.05, 3.63) is 30.2 Å². The van der Waals surface area contributed by atoms with E-state index in [0.29, 0.717) is 17.4 Å². The van der Waals surface area contributed by atoms with Crippen LogP contribution < -0.4 is 0 Å². The quantitative estimate of drug-likeness (QED) is 0.704. The second kappa shape index (κ2) is 3.66. The van der Waals surface area contributed by atoms with Crippen LogP contribution in [0.5, 0.6) is 0 Å². The van der Waals surface area contributed by atoms with Gasteiger partial charge in [0.15, 0.2) is 5.82 Å². The van der Waals surface area contributed by atoms with Gasteiger partial charge in [-0.15, -0.1) is 0 Å². The van der Waals surface area contributed by atoms with E-state index in [1.54, 1.807) is 18.3 Å². The van der Waals surface area contributed by atoms with Crippen molar-refractivity contribution >= 4 is 0 Å². The summed E-state index contributed by atoms with van der Waals surface area (Å²) in [5.41, 5.74) is 0.615. The first kappa shape index (κ1) is 8.38. The largest absolute Gasteiger partial charge is 0.332 e. The summed E-state index contributed by atoms with van der Waals surface area (Å²) in [4.78, 5) is 8.05. The van der Waals surface area contributed by atoms with Crippen LogP contribution in [0.4, 0.5) is 0 Å². The smallest absolute Gasteiger partial charge is 0.276 e. The average Bonchev–Trinajstić information content (AvgIpc) is 2.68. The summed E-state index contributed by atoms with van der Waals surface area (Å²) in [5.74, 6) is 0.726. The van der Waals surface area contributed by atoms with Crippen LogP contribution >= 0.6 is 0 Å². The number of nitrogens with zero attached hydrogens (tertiary/aromatic N) is 4. The third-order valence-corrected chi connectivity index (χ3v) is 1.59. The van der Waals surface area contributed by atoms with Gasteiger partial charge < -0.3 is 4.52 Å². The van der Waals surface area contributed by atoms with E-state index in [2.05, 4.69) is 15.1 Å². The molecule has 0 saturated heterocycles. The van der Waals surface area contributed by atoms with Crippen LogP contribution in [0.2, 0.25) is 0 Å². The fourth-order valence-electron chi connectivity index (χ4n) is 0.990. The molecule has 14 heavy (non-hydrogen) atoms. The van der Waals surface area contributed by atoms with Crippen molar-refractivity contribution in [2.45, 2.75) is 6.42 Å². The summed E-state index contributed by atoms with van der Waals surface area (Å²) in [5, 5.41) is 12.0. The van der Waals surface area contributed by atoms with Crippen LogP contribution in [-0.4, -0.2) is 15.1 Å². The van der Waals surface area contributed by atoms with Crippen molar-refractivity contribution in [1.82, 2.24) is 15.1 Å². The van der Waals surface area contributed by atoms with E-state index in [1.807, 2.05) is 12.1 Å². The summed E-state index contributed by atoms with van der Waals surface area (Å²) < 4.78 is 4.93. The fourth-order valence-corrected chi connectivity index (χ4v) is 0.990. The molecule has 68 valence electrons. The molecule has 0 fully saturated rings. The number of hydrogen-bond donors (Lipinski definition) is 0. The van der Waals surface area contributed by atoms with E-state index >= 15 is 0 Å². The van der Waals surface area contributed by atoms with Crippen molar-refractivity contribution in [3.8, 4) is 17.7 Å². The number of rotatable bonds is 2. The van der Waals surface area contributed by atoms with E-state index in [0.717, 1.165) is 0 Å². The number of hydrogen-bond acceptors (Lipinski definition) is 5. The Morgan fingerprint density at radius 2 is 2.36 bits per heavy atom. The van der Waals surface area contributed by atoms with E-state index < -0.39 is 0 Å². The lowest BCUT2D eigenvalue weighted by Gasteiger charge is -1.88. The zero-order valence-electron chi connectivity index (χ0n) is 7.21. The molecule has 2 aromatic heterocycles. The zero-order chi connectivity index (χ0) is 9.80. The zero-order valence-corrected chi connectivity index (χ0v) is 7.21. The van der Waals surface area contributed by atoms with Crippen LogP contribution in [0.25, 0.3) is 11.6 Å².